The topological polar surface area (TPSA) is 43.3 Å². The summed E-state index contributed by atoms with van der Waals surface area (Å²) in [4.78, 5) is 8.13. The maximum atomic E-state index is 5.73. The molecule has 0 spiro atoms. The van der Waals surface area contributed by atoms with Crippen LogP contribution in [0.1, 0.15) is 16.7 Å². The lowest BCUT2D eigenvalue weighted by Gasteiger charge is -2.19. The lowest BCUT2D eigenvalue weighted by molar-refractivity contribution is 0.0744. The predicted octanol–water partition coefficient (Wildman–Crippen LogP) is 3.25. The van der Waals surface area contributed by atoms with Crippen molar-refractivity contribution < 1.29 is 14.3 Å². The Morgan fingerprint density at radius 1 is 1.08 bits per heavy atom. The van der Waals surface area contributed by atoms with E-state index < -0.39 is 0 Å². The van der Waals surface area contributed by atoms with Crippen LogP contribution in [0, 0.1) is 12.8 Å². The van der Waals surface area contributed by atoms with Crippen molar-refractivity contribution in [3.8, 4) is 11.5 Å². The van der Waals surface area contributed by atoms with E-state index in [-0.39, 0.29) is 6.10 Å². The van der Waals surface area contributed by atoms with Crippen LogP contribution in [-0.4, -0.2) is 44.0 Å². The first-order chi connectivity index (χ1) is 12.7. The summed E-state index contributed by atoms with van der Waals surface area (Å²) in [6.07, 6.45) is 0.128. The van der Waals surface area contributed by atoms with Crippen LogP contribution in [0.15, 0.2) is 47.6 Å². The van der Waals surface area contributed by atoms with Crippen LogP contribution in [0.4, 0.5) is 0 Å². The Balaban J connectivity index is 1.50. The van der Waals surface area contributed by atoms with Crippen molar-refractivity contribution in [1.29, 1.82) is 0 Å². The molecule has 0 aromatic heterocycles. The van der Waals surface area contributed by atoms with Crippen molar-refractivity contribution in [1.82, 2.24) is 4.90 Å². The summed E-state index contributed by atoms with van der Waals surface area (Å²) < 4.78 is 11.0. The SMILES string of the molecule is COc1cccc(CN2C[C@@H]3C(c4ccc(C)cc4)=NO[C@@H]3C2)c1OC. The molecule has 136 valence electrons. The number of aryl methyl sites for hydroxylation is 1. The molecule has 0 bridgehead atoms. The fourth-order valence-corrected chi connectivity index (χ4v) is 3.85. The number of nitrogens with zero attached hydrogens (tertiary/aromatic N) is 2. The molecular weight excluding hydrogens is 328 g/mol. The third kappa shape index (κ3) is 3.03. The summed E-state index contributed by atoms with van der Waals surface area (Å²) >= 11 is 0. The third-order valence-electron chi connectivity index (χ3n) is 5.21. The first-order valence-electron chi connectivity index (χ1n) is 8.92. The van der Waals surface area contributed by atoms with Gasteiger partial charge in [0.05, 0.1) is 25.8 Å². The van der Waals surface area contributed by atoms with E-state index in [1.165, 1.54) is 5.56 Å². The fraction of sp³-hybridized carbons (Fsp3) is 0.381. The molecule has 5 nitrogen and oxygen atoms in total. The van der Waals surface area contributed by atoms with Crippen LogP contribution in [0.5, 0.6) is 11.5 Å². The molecule has 0 saturated carbocycles. The van der Waals surface area contributed by atoms with Crippen molar-refractivity contribution in [2.45, 2.75) is 19.6 Å². The Morgan fingerprint density at radius 3 is 2.62 bits per heavy atom. The maximum Gasteiger partial charge on any atom is 0.165 e. The summed E-state index contributed by atoms with van der Waals surface area (Å²) in [6, 6.07) is 14.5. The lowest BCUT2D eigenvalue weighted by Crippen LogP contribution is -2.23. The van der Waals surface area contributed by atoms with Gasteiger partial charge in [-0.05, 0) is 18.6 Å². The van der Waals surface area contributed by atoms with Crippen LogP contribution >= 0.6 is 0 Å². The van der Waals surface area contributed by atoms with Crippen LogP contribution in [-0.2, 0) is 11.4 Å². The van der Waals surface area contributed by atoms with E-state index in [0.717, 1.165) is 48.0 Å². The van der Waals surface area contributed by atoms with Gasteiger partial charge in [0, 0.05) is 25.2 Å². The van der Waals surface area contributed by atoms with E-state index in [2.05, 4.69) is 47.3 Å². The molecule has 0 amide bonds. The highest BCUT2D eigenvalue weighted by Gasteiger charge is 2.42. The second-order valence-electron chi connectivity index (χ2n) is 6.94. The molecule has 2 aliphatic rings. The second kappa shape index (κ2) is 7.00. The van der Waals surface area contributed by atoms with Crippen molar-refractivity contribution >= 4 is 5.71 Å². The average Bonchev–Trinajstić information content (AvgIpc) is 3.22. The molecule has 0 aliphatic carbocycles. The molecule has 1 fully saturated rings. The minimum absolute atomic E-state index is 0.128. The smallest absolute Gasteiger partial charge is 0.165 e. The lowest BCUT2D eigenvalue weighted by atomic mass is 9.94. The number of para-hydroxylation sites is 1. The molecule has 2 aromatic carbocycles. The number of ether oxygens (including phenoxy) is 2. The summed E-state index contributed by atoms with van der Waals surface area (Å²) in [5.41, 5.74) is 4.60. The molecule has 4 rings (SSSR count). The van der Waals surface area contributed by atoms with Crippen molar-refractivity contribution in [3.05, 3.63) is 59.2 Å². The Kier molecular flexibility index (Phi) is 4.55. The predicted molar refractivity (Wildman–Crippen MR) is 101 cm³/mol. The van der Waals surface area contributed by atoms with Gasteiger partial charge in [0.2, 0.25) is 0 Å². The summed E-state index contributed by atoms with van der Waals surface area (Å²) in [7, 11) is 3.35. The monoisotopic (exact) mass is 352 g/mol. The van der Waals surface area contributed by atoms with Crippen LogP contribution in [0.25, 0.3) is 0 Å². The molecule has 26 heavy (non-hydrogen) atoms. The summed E-state index contributed by atoms with van der Waals surface area (Å²) in [6.45, 7) is 4.69. The van der Waals surface area contributed by atoms with E-state index >= 15 is 0 Å². The van der Waals surface area contributed by atoms with E-state index in [1.807, 2.05) is 12.1 Å². The van der Waals surface area contributed by atoms with Gasteiger partial charge in [0.25, 0.3) is 0 Å². The van der Waals surface area contributed by atoms with Crippen LogP contribution in [0.2, 0.25) is 0 Å². The molecule has 1 saturated heterocycles. The first-order valence-corrected chi connectivity index (χ1v) is 8.92. The van der Waals surface area contributed by atoms with E-state index in [9.17, 15) is 0 Å². The van der Waals surface area contributed by atoms with Crippen molar-refractivity contribution in [3.63, 3.8) is 0 Å². The van der Waals surface area contributed by atoms with E-state index in [1.54, 1.807) is 14.2 Å². The second-order valence-corrected chi connectivity index (χ2v) is 6.94. The fourth-order valence-electron chi connectivity index (χ4n) is 3.85. The normalized spacial score (nSPS) is 21.9. The maximum absolute atomic E-state index is 5.73. The minimum Gasteiger partial charge on any atom is -0.493 e. The molecule has 2 aliphatic heterocycles. The van der Waals surface area contributed by atoms with Gasteiger partial charge in [0.15, 0.2) is 11.5 Å². The highest BCUT2D eigenvalue weighted by Crippen LogP contribution is 2.35. The first kappa shape index (κ1) is 16.9. The molecule has 2 aromatic rings. The van der Waals surface area contributed by atoms with Gasteiger partial charge in [-0.25, -0.2) is 0 Å². The number of hydrogen-bond donors (Lipinski definition) is 0. The largest absolute Gasteiger partial charge is 0.493 e. The van der Waals surface area contributed by atoms with Gasteiger partial charge in [-0.1, -0.05) is 47.1 Å². The van der Waals surface area contributed by atoms with Gasteiger partial charge in [-0.3, -0.25) is 4.90 Å². The Morgan fingerprint density at radius 2 is 1.88 bits per heavy atom. The number of hydrogen-bond acceptors (Lipinski definition) is 5. The number of methoxy groups -OCH3 is 2. The number of rotatable bonds is 5. The van der Waals surface area contributed by atoms with Crippen molar-refractivity contribution in [2.24, 2.45) is 11.1 Å². The van der Waals surface area contributed by atoms with Gasteiger partial charge < -0.3 is 14.3 Å². The van der Waals surface area contributed by atoms with Gasteiger partial charge in [-0.2, -0.15) is 0 Å². The van der Waals surface area contributed by atoms with Crippen molar-refractivity contribution in [2.75, 3.05) is 27.3 Å². The highest BCUT2D eigenvalue weighted by molar-refractivity contribution is 6.03. The Labute approximate surface area is 154 Å². The standard InChI is InChI=1S/C21H24N2O3/c1-14-7-9-15(10-8-14)20-17-12-23(13-19(17)26-22-20)11-16-5-4-6-18(24-2)21(16)25-3/h4-10,17,19H,11-13H2,1-3H3/t17-,19+/m0/s1. The van der Waals surface area contributed by atoms with Gasteiger partial charge in [0.1, 0.15) is 6.10 Å². The zero-order valence-corrected chi connectivity index (χ0v) is 15.4. The number of fused-ring (bicyclic) bond motifs is 1. The highest BCUT2D eigenvalue weighted by atomic mass is 16.6. The number of benzene rings is 2. The van der Waals surface area contributed by atoms with Gasteiger partial charge in [-0.15, -0.1) is 0 Å². The molecular formula is C21H24N2O3. The molecule has 0 unspecified atom stereocenters. The quantitative estimate of drug-likeness (QED) is 0.829. The molecule has 0 N–H and O–H groups in total. The van der Waals surface area contributed by atoms with E-state index in [4.69, 9.17) is 14.3 Å². The Bertz CT molecular complexity index is 817. The zero-order valence-electron chi connectivity index (χ0n) is 15.4. The molecule has 0 radical (unpaired) electrons. The molecule has 2 heterocycles. The molecule has 5 heteroatoms. The summed E-state index contributed by atoms with van der Waals surface area (Å²) in [5.74, 6) is 1.89. The Hall–Kier alpha value is -2.53. The van der Waals surface area contributed by atoms with Gasteiger partial charge >= 0.3 is 0 Å². The third-order valence-corrected chi connectivity index (χ3v) is 5.21. The van der Waals surface area contributed by atoms with E-state index in [0.29, 0.717) is 5.92 Å². The molecule has 2 atom stereocenters. The zero-order chi connectivity index (χ0) is 18.1. The number of likely N-dealkylation sites (tertiary alicyclic amines) is 1. The van der Waals surface area contributed by atoms with Crippen LogP contribution in [0.3, 0.4) is 0 Å². The minimum atomic E-state index is 0.128. The summed E-state index contributed by atoms with van der Waals surface area (Å²) in [5, 5.41) is 4.37. The van der Waals surface area contributed by atoms with Crippen LogP contribution < -0.4 is 9.47 Å². The number of oxime groups is 1. The average molecular weight is 352 g/mol.